The van der Waals surface area contributed by atoms with E-state index in [-0.39, 0.29) is 0 Å². The number of aryl methyl sites for hydroxylation is 1. The van der Waals surface area contributed by atoms with Gasteiger partial charge in [0.2, 0.25) is 0 Å². The molecule has 10 heteroatoms. The Morgan fingerprint density at radius 2 is 1.46 bits per heavy atom. The minimum absolute atomic E-state index is 0.473. The van der Waals surface area contributed by atoms with Crippen LogP contribution in [0.3, 0.4) is 0 Å². The quantitative estimate of drug-likeness (QED) is 0.768. The number of hydrogen-bond donors (Lipinski definition) is 0. The second-order valence-corrected chi connectivity index (χ2v) is 8.58. The molecule has 2 saturated heterocycles. The topological polar surface area (TPSA) is 87.5 Å². The molecule has 0 atom stereocenters. The molecule has 9 nitrogen and oxygen atoms in total. The van der Waals surface area contributed by atoms with Crippen molar-refractivity contribution in [1.29, 1.82) is 0 Å². The fraction of sp³-hybridized carbons (Fsp3) is 0.562. The number of rotatable bonds is 4. The van der Waals surface area contributed by atoms with Gasteiger partial charge in [-0.25, -0.2) is 4.68 Å². The number of aromatic nitrogens is 4. The summed E-state index contributed by atoms with van der Waals surface area (Å²) < 4.78 is 30.1. The minimum atomic E-state index is -3.32. The first-order valence-corrected chi connectivity index (χ1v) is 10.3. The van der Waals surface area contributed by atoms with Crippen molar-refractivity contribution < 1.29 is 8.42 Å². The molecular weight excluding hydrogens is 354 g/mol. The van der Waals surface area contributed by atoms with Crippen LogP contribution in [0.1, 0.15) is 18.5 Å². The van der Waals surface area contributed by atoms with E-state index in [9.17, 15) is 8.42 Å². The molecule has 2 fully saturated rings. The van der Waals surface area contributed by atoms with E-state index in [1.807, 2.05) is 31.3 Å². The SMILES string of the molecule is Cc1ccn(-c2ccc(N3CCN(S(=O)(=O)N4CCCC4)CC3)nn2)n1. The maximum absolute atomic E-state index is 12.6. The summed E-state index contributed by atoms with van der Waals surface area (Å²) in [5.74, 6) is 1.42. The van der Waals surface area contributed by atoms with Crippen LogP contribution in [0.2, 0.25) is 0 Å². The highest BCUT2D eigenvalue weighted by Gasteiger charge is 2.33. The van der Waals surface area contributed by atoms with Gasteiger partial charge in [0.1, 0.15) is 0 Å². The first-order valence-electron chi connectivity index (χ1n) is 8.90. The molecule has 2 aliphatic rings. The average molecular weight is 377 g/mol. The Bertz CT molecular complexity index is 851. The van der Waals surface area contributed by atoms with Crippen LogP contribution in [-0.4, -0.2) is 76.3 Å². The van der Waals surface area contributed by atoms with Crippen LogP contribution < -0.4 is 4.90 Å². The standard InChI is InChI=1S/C16H23N7O2S/c1-14-6-9-23(19-14)16-5-4-15(17-18-16)20-10-12-22(13-11-20)26(24,25)21-7-2-3-8-21/h4-6,9H,2-3,7-8,10-13H2,1H3. The van der Waals surface area contributed by atoms with Gasteiger partial charge in [-0.2, -0.15) is 22.1 Å². The van der Waals surface area contributed by atoms with Gasteiger partial charge >= 0.3 is 0 Å². The predicted octanol–water partition coefficient (Wildman–Crippen LogP) is 0.433. The number of nitrogens with zero attached hydrogens (tertiary/aromatic N) is 7. The van der Waals surface area contributed by atoms with Gasteiger partial charge in [-0.3, -0.25) is 0 Å². The number of piperazine rings is 1. The van der Waals surface area contributed by atoms with Crippen molar-refractivity contribution in [2.24, 2.45) is 0 Å². The molecule has 2 aliphatic heterocycles. The van der Waals surface area contributed by atoms with E-state index in [0.29, 0.717) is 45.1 Å². The van der Waals surface area contributed by atoms with Gasteiger partial charge in [0, 0.05) is 45.5 Å². The Kier molecular flexibility index (Phi) is 4.63. The molecule has 0 bridgehead atoms. The third-order valence-electron chi connectivity index (χ3n) is 4.87. The zero-order valence-corrected chi connectivity index (χ0v) is 15.6. The Balaban J connectivity index is 1.40. The van der Waals surface area contributed by atoms with Crippen LogP contribution in [0, 0.1) is 6.92 Å². The van der Waals surface area contributed by atoms with E-state index in [1.165, 1.54) is 0 Å². The monoisotopic (exact) mass is 377 g/mol. The van der Waals surface area contributed by atoms with Crippen LogP contribution in [0.25, 0.3) is 5.82 Å². The fourth-order valence-electron chi connectivity index (χ4n) is 3.38. The molecule has 4 rings (SSSR count). The molecule has 4 heterocycles. The van der Waals surface area contributed by atoms with Gasteiger partial charge < -0.3 is 4.90 Å². The summed E-state index contributed by atoms with van der Waals surface area (Å²) in [4.78, 5) is 2.07. The van der Waals surface area contributed by atoms with Crippen molar-refractivity contribution in [2.45, 2.75) is 19.8 Å². The zero-order chi connectivity index (χ0) is 18.1. The largest absolute Gasteiger partial charge is 0.352 e. The summed E-state index contributed by atoms with van der Waals surface area (Å²) >= 11 is 0. The molecule has 2 aromatic heterocycles. The van der Waals surface area contributed by atoms with Gasteiger partial charge in [-0.05, 0) is 38.0 Å². The van der Waals surface area contributed by atoms with Gasteiger partial charge in [-0.1, -0.05) is 0 Å². The summed E-state index contributed by atoms with van der Waals surface area (Å²) in [6, 6.07) is 5.70. The molecule has 0 spiro atoms. The summed E-state index contributed by atoms with van der Waals surface area (Å²) in [5, 5.41) is 12.8. The highest BCUT2D eigenvalue weighted by atomic mass is 32.2. The van der Waals surface area contributed by atoms with Gasteiger partial charge in [0.15, 0.2) is 11.6 Å². The lowest BCUT2D eigenvalue weighted by molar-refractivity contribution is 0.343. The highest BCUT2D eigenvalue weighted by molar-refractivity contribution is 7.86. The Labute approximate surface area is 153 Å². The summed E-state index contributed by atoms with van der Waals surface area (Å²) in [7, 11) is -3.32. The Morgan fingerprint density at radius 3 is 2.04 bits per heavy atom. The van der Waals surface area contributed by atoms with Crippen LogP contribution in [0.5, 0.6) is 0 Å². The lowest BCUT2D eigenvalue weighted by Gasteiger charge is -2.36. The van der Waals surface area contributed by atoms with E-state index >= 15 is 0 Å². The van der Waals surface area contributed by atoms with Crippen molar-refractivity contribution in [2.75, 3.05) is 44.2 Å². The first kappa shape index (κ1) is 17.4. The molecule has 0 unspecified atom stereocenters. The fourth-order valence-corrected chi connectivity index (χ4v) is 5.05. The van der Waals surface area contributed by atoms with Gasteiger partial charge in [-0.15, -0.1) is 10.2 Å². The maximum atomic E-state index is 12.6. The predicted molar refractivity (Wildman–Crippen MR) is 97.4 cm³/mol. The zero-order valence-electron chi connectivity index (χ0n) is 14.8. The van der Waals surface area contributed by atoms with E-state index in [4.69, 9.17) is 0 Å². The normalized spacial score (nSPS) is 20.0. The summed E-state index contributed by atoms with van der Waals surface area (Å²) in [5.41, 5.74) is 0.922. The molecule has 0 aliphatic carbocycles. The number of anilines is 1. The van der Waals surface area contributed by atoms with E-state index in [1.54, 1.807) is 13.3 Å². The smallest absolute Gasteiger partial charge is 0.282 e. The molecule has 0 N–H and O–H groups in total. The Hall–Kier alpha value is -2.04. The molecule has 0 radical (unpaired) electrons. The number of hydrogen-bond acceptors (Lipinski definition) is 6. The van der Waals surface area contributed by atoms with E-state index < -0.39 is 10.2 Å². The molecule has 2 aromatic rings. The van der Waals surface area contributed by atoms with E-state index in [2.05, 4.69) is 20.2 Å². The summed E-state index contributed by atoms with van der Waals surface area (Å²) in [6.45, 7) is 5.38. The van der Waals surface area contributed by atoms with Crippen LogP contribution >= 0.6 is 0 Å². The van der Waals surface area contributed by atoms with Crippen molar-refractivity contribution in [3.8, 4) is 5.82 Å². The molecule has 0 saturated carbocycles. The second kappa shape index (κ2) is 6.93. The minimum Gasteiger partial charge on any atom is -0.352 e. The van der Waals surface area contributed by atoms with Crippen molar-refractivity contribution in [1.82, 2.24) is 28.6 Å². The van der Waals surface area contributed by atoms with Crippen LogP contribution in [0.4, 0.5) is 5.82 Å². The van der Waals surface area contributed by atoms with Gasteiger partial charge in [0.25, 0.3) is 10.2 Å². The molecule has 0 aromatic carbocycles. The highest BCUT2D eigenvalue weighted by Crippen LogP contribution is 2.20. The van der Waals surface area contributed by atoms with Crippen molar-refractivity contribution >= 4 is 16.0 Å². The van der Waals surface area contributed by atoms with Crippen molar-refractivity contribution in [3.05, 3.63) is 30.1 Å². The lowest BCUT2D eigenvalue weighted by Crippen LogP contribution is -2.52. The average Bonchev–Trinajstić information content (AvgIpc) is 3.34. The van der Waals surface area contributed by atoms with Gasteiger partial charge in [0.05, 0.1) is 5.69 Å². The van der Waals surface area contributed by atoms with Crippen LogP contribution in [0.15, 0.2) is 24.4 Å². The molecule has 140 valence electrons. The maximum Gasteiger partial charge on any atom is 0.282 e. The van der Waals surface area contributed by atoms with E-state index in [0.717, 1.165) is 24.4 Å². The lowest BCUT2D eigenvalue weighted by atomic mass is 10.3. The second-order valence-electron chi connectivity index (χ2n) is 6.65. The third kappa shape index (κ3) is 3.31. The molecule has 26 heavy (non-hydrogen) atoms. The summed E-state index contributed by atoms with van der Waals surface area (Å²) in [6.07, 6.45) is 3.76. The first-order chi connectivity index (χ1) is 12.5. The van der Waals surface area contributed by atoms with Crippen molar-refractivity contribution in [3.63, 3.8) is 0 Å². The molecule has 0 amide bonds. The molecular formula is C16H23N7O2S. The third-order valence-corrected chi connectivity index (χ3v) is 6.91. The Morgan fingerprint density at radius 1 is 0.846 bits per heavy atom. The van der Waals surface area contributed by atoms with Crippen LogP contribution in [-0.2, 0) is 10.2 Å².